The van der Waals surface area contributed by atoms with Crippen LogP contribution < -0.4 is 10.0 Å². The number of hydrogen-bond acceptors (Lipinski definition) is 6. The second kappa shape index (κ2) is 6.92. The van der Waals surface area contributed by atoms with Gasteiger partial charge in [-0.3, -0.25) is 0 Å². The summed E-state index contributed by atoms with van der Waals surface area (Å²) in [6, 6.07) is 5.42. The van der Waals surface area contributed by atoms with Gasteiger partial charge in [0, 0.05) is 29.1 Å². The minimum absolute atomic E-state index is 0.0509. The number of hydrogen-bond donors (Lipinski definition) is 2. The maximum absolute atomic E-state index is 12.9. The van der Waals surface area contributed by atoms with Crippen LogP contribution >= 0.6 is 0 Å². The Hall–Kier alpha value is -1.90. The first-order chi connectivity index (χ1) is 12.9. The van der Waals surface area contributed by atoms with Gasteiger partial charge in [0.2, 0.25) is 15.8 Å². The van der Waals surface area contributed by atoms with E-state index in [1.165, 1.54) is 6.07 Å². The summed E-state index contributed by atoms with van der Waals surface area (Å²) >= 11 is 0. The molecule has 0 saturated carbocycles. The summed E-state index contributed by atoms with van der Waals surface area (Å²) in [5, 5.41) is 4.11. The van der Waals surface area contributed by atoms with Gasteiger partial charge in [-0.2, -0.15) is 0 Å². The smallest absolute Gasteiger partial charge is 0.374 e. The zero-order valence-corrected chi connectivity index (χ0v) is 16.3. The monoisotopic (exact) mass is 392 g/mol. The molecular formula is C19H24N2O5S. The molecule has 0 radical (unpaired) electrons. The van der Waals surface area contributed by atoms with Crippen molar-refractivity contribution in [3.8, 4) is 0 Å². The lowest BCUT2D eigenvalue weighted by atomic mass is 10.0. The lowest BCUT2D eigenvalue weighted by molar-refractivity contribution is 0.0491. The summed E-state index contributed by atoms with van der Waals surface area (Å²) in [5.74, 6) is -0.428. The molecule has 1 aromatic carbocycles. The van der Waals surface area contributed by atoms with Crippen molar-refractivity contribution in [2.75, 3.05) is 6.61 Å². The summed E-state index contributed by atoms with van der Waals surface area (Å²) in [6.45, 7) is 3.70. The maximum Gasteiger partial charge on any atom is 0.374 e. The van der Waals surface area contributed by atoms with Crippen LogP contribution in [0.25, 0.3) is 11.0 Å². The number of fused-ring (bicyclic) bond motifs is 3. The average molecular weight is 392 g/mol. The zero-order chi connectivity index (χ0) is 19.2. The lowest BCUT2D eigenvalue weighted by Crippen LogP contribution is -2.47. The normalized spacial score (nSPS) is 25.0. The van der Waals surface area contributed by atoms with Gasteiger partial charge in [0.15, 0.2) is 0 Å². The fourth-order valence-electron chi connectivity index (χ4n) is 4.20. The van der Waals surface area contributed by atoms with Gasteiger partial charge in [0.05, 0.1) is 11.5 Å². The second-order valence-corrected chi connectivity index (χ2v) is 9.08. The van der Waals surface area contributed by atoms with Gasteiger partial charge in [0.1, 0.15) is 5.58 Å². The molecule has 2 unspecified atom stereocenters. The molecule has 1 aromatic heterocycles. The molecule has 2 aliphatic heterocycles. The molecule has 2 aliphatic rings. The number of ether oxygens (including phenoxy) is 1. The Morgan fingerprint density at radius 2 is 2.00 bits per heavy atom. The van der Waals surface area contributed by atoms with Crippen LogP contribution in [0, 0.1) is 6.92 Å². The molecule has 3 heterocycles. The van der Waals surface area contributed by atoms with E-state index in [1.54, 1.807) is 26.0 Å². The Balaban J connectivity index is 1.60. The highest BCUT2D eigenvalue weighted by Gasteiger charge is 2.35. The molecule has 2 saturated heterocycles. The van der Waals surface area contributed by atoms with E-state index in [4.69, 9.17) is 9.15 Å². The van der Waals surface area contributed by atoms with E-state index in [0.29, 0.717) is 28.6 Å². The number of benzene rings is 1. The molecule has 2 N–H and O–H groups in total. The third-order valence-electron chi connectivity index (χ3n) is 5.47. The molecule has 4 rings (SSSR count). The molecule has 0 amide bonds. The predicted molar refractivity (Wildman–Crippen MR) is 100 cm³/mol. The van der Waals surface area contributed by atoms with Crippen molar-refractivity contribution < 1.29 is 22.4 Å². The third kappa shape index (κ3) is 3.49. The molecule has 146 valence electrons. The van der Waals surface area contributed by atoms with Crippen molar-refractivity contribution in [2.24, 2.45) is 0 Å². The van der Waals surface area contributed by atoms with Crippen molar-refractivity contribution in [3.63, 3.8) is 0 Å². The number of rotatable bonds is 5. The van der Waals surface area contributed by atoms with E-state index in [9.17, 15) is 13.2 Å². The van der Waals surface area contributed by atoms with Gasteiger partial charge in [-0.1, -0.05) is 0 Å². The maximum atomic E-state index is 12.9. The largest absolute Gasteiger partial charge is 0.460 e. The minimum atomic E-state index is -3.64. The van der Waals surface area contributed by atoms with Crippen molar-refractivity contribution in [1.82, 2.24) is 10.0 Å². The highest BCUT2D eigenvalue weighted by atomic mass is 32.2. The van der Waals surface area contributed by atoms with Gasteiger partial charge in [-0.25, -0.2) is 17.9 Å². The van der Waals surface area contributed by atoms with Crippen LogP contribution in [0.3, 0.4) is 0 Å². The van der Waals surface area contributed by atoms with Gasteiger partial charge in [0.25, 0.3) is 0 Å². The predicted octanol–water partition coefficient (Wildman–Crippen LogP) is 2.48. The van der Waals surface area contributed by atoms with Crippen LogP contribution in [0.4, 0.5) is 0 Å². The number of carbonyl (C=O) groups excluding carboxylic acids is 1. The van der Waals surface area contributed by atoms with E-state index >= 15 is 0 Å². The Labute approximate surface area is 158 Å². The molecule has 2 atom stereocenters. The number of piperidine rings is 1. The summed E-state index contributed by atoms with van der Waals surface area (Å²) in [7, 11) is -3.64. The summed E-state index contributed by atoms with van der Waals surface area (Å²) < 4.78 is 39.2. The molecule has 2 aromatic rings. The van der Waals surface area contributed by atoms with Crippen LogP contribution in [0.2, 0.25) is 0 Å². The molecule has 0 aliphatic carbocycles. The van der Waals surface area contributed by atoms with Crippen LogP contribution in [0.5, 0.6) is 0 Å². The molecule has 2 fully saturated rings. The summed E-state index contributed by atoms with van der Waals surface area (Å²) in [5.41, 5.74) is 1.05. The first kappa shape index (κ1) is 18.5. The molecule has 2 bridgehead atoms. The van der Waals surface area contributed by atoms with E-state index in [2.05, 4.69) is 10.0 Å². The highest BCUT2D eigenvalue weighted by molar-refractivity contribution is 7.89. The molecular weight excluding hydrogens is 368 g/mol. The van der Waals surface area contributed by atoms with Gasteiger partial charge in [-0.15, -0.1) is 0 Å². The number of carbonyl (C=O) groups is 1. The quantitative estimate of drug-likeness (QED) is 0.759. The topological polar surface area (TPSA) is 97.6 Å². The Morgan fingerprint density at radius 3 is 2.67 bits per heavy atom. The zero-order valence-electron chi connectivity index (χ0n) is 15.4. The highest BCUT2D eigenvalue weighted by Crippen LogP contribution is 2.30. The van der Waals surface area contributed by atoms with Gasteiger partial charge >= 0.3 is 5.97 Å². The van der Waals surface area contributed by atoms with Crippen LogP contribution in [-0.2, 0) is 14.8 Å². The van der Waals surface area contributed by atoms with Crippen molar-refractivity contribution in [3.05, 3.63) is 29.5 Å². The standard InChI is InChI=1S/C19H24N2O5S/c1-3-25-19(22)18-11(2)16-10-15(6-7-17(16)26-18)27(23,24)21-14-8-12-4-5-13(9-14)20-12/h6-7,10,12-14,20-21H,3-5,8-9H2,1-2H3. The van der Waals surface area contributed by atoms with Crippen molar-refractivity contribution >= 4 is 27.0 Å². The summed E-state index contributed by atoms with van der Waals surface area (Å²) in [6.07, 6.45) is 3.85. The van der Waals surface area contributed by atoms with Crippen molar-refractivity contribution in [1.29, 1.82) is 0 Å². The molecule has 27 heavy (non-hydrogen) atoms. The number of furan rings is 1. The molecule has 8 heteroatoms. The fraction of sp³-hybridized carbons (Fsp3) is 0.526. The summed E-state index contributed by atoms with van der Waals surface area (Å²) in [4.78, 5) is 12.2. The second-order valence-electron chi connectivity index (χ2n) is 7.36. The van der Waals surface area contributed by atoms with Crippen LogP contribution in [0.1, 0.15) is 48.7 Å². The number of sulfonamides is 1. The Bertz CT molecular complexity index is 969. The number of nitrogens with one attached hydrogen (secondary N) is 2. The van der Waals surface area contributed by atoms with E-state index in [-0.39, 0.29) is 23.3 Å². The first-order valence-corrected chi connectivity index (χ1v) is 10.8. The van der Waals surface area contributed by atoms with E-state index in [1.807, 2.05) is 0 Å². The lowest BCUT2D eigenvalue weighted by Gasteiger charge is -2.29. The Kier molecular flexibility index (Phi) is 4.73. The number of esters is 1. The molecule has 7 nitrogen and oxygen atoms in total. The SMILES string of the molecule is CCOC(=O)c1oc2ccc(S(=O)(=O)NC3CC4CCC(C3)N4)cc2c1C. The van der Waals surface area contributed by atoms with Crippen LogP contribution in [-0.4, -0.2) is 39.1 Å². The average Bonchev–Trinajstić information content (AvgIpc) is 3.14. The minimum Gasteiger partial charge on any atom is -0.460 e. The molecule has 0 spiro atoms. The van der Waals surface area contributed by atoms with Gasteiger partial charge < -0.3 is 14.5 Å². The van der Waals surface area contributed by atoms with E-state index < -0.39 is 16.0 Å². The number of aryl methyl sites for hydroxylation is 1. The fourth-order valence-corrected chi connectivity index (χ4v) is 5.49. The van der Waals surface area contributed by atoms with E-state index in [0.717, 1.165) is 25.7 Å². The first-order valence-electron chi connectivity index (χ1n) is 9.36. The Morgan fingerprint density at radius 1 is 1.30 bits per heavy atom. The van der Waals surface area contributed by atoms with Gasteiger partial charge in [-0.05, 0) is 57.7 Å². The third-order valence-corrected chi connectivity index (χ3v) is 6.99. The van der Waals surface area contributed by atoms with Crippen LogP contribution in [0.15, 0.2) is 27.5 Å². The van der Waals surface area contributed by atoms with Crippen molar-refractivity contribution in [2.45, 2.75) is 62.6 Å².